The van der Waals surface area contributed by atoms with Gasteiger partial charge < -0.3 is 4.74 Å². The van der Waals surface area contributed by atoms with Gasteiger partial charge in [-0.25, -0.2) is 9.40 Å². The molecule has 0 aromatic heterocycles. The van der Waals surface area contributed by atoms with Gasteiger partial charge in [-0.1, -0.05) is 17.7 Å². The van der Waals surface area contributed by atoms with E-state index in [2.05, 4.69) is 5.43 Å². The third-order valence-electron chi connectivity index (χ3n) is 2.52. The lowest BCUT2D eigenvalue weighted by molar-refractivity contribution is 0.0104. The topological polar surface area (TPSA) is 24.5 Å². The zero-order valence-corrected chi connectivity index (χ0v) is 9.63. The fraction of sp³-hybridized carbons (Fsp3) is 0.455. The lowest BCUT2D eigenvalue weighted by Crippen LogP contribution is -2.45. The van der Waals surface area contributed by atoms with Gasteiger partial charge in [-0.15, -0.1) is 0 Å². The third kappa shape index (κ3) is 3.15. The molecular formula is C11H14ClFN2O. The number of hydrogen-bond donors (Lipinski definition) is 1. The third-order valence-corrected chi connectivity index (χ3v) is 2.75. The van der Waals surface area contributed by atoms with Gasteiger partial charge in [-0.05, 0) is 12.1 Å². The van der Waals surface area contributed by atoms with E-state index in [4.69, 9.17) is 16.3 Å². The van der Waals surface area contributed by atoms with Crippen molar-refractivity contribution in [2.75, 3.05) is 26.3 Å². The molecule has 0 unspecified atom stereocenters. The van der Waals surface area contributed by atoms with E-state index in [9.17, 15) is 4.39 Å². The summed E-state index contributed by atoms with van der Waals surface area (Å²) in [6, 6.07) is 4.73. The fourth-order valence-electron chi connectivity index (χ4n) is 1.58. The fourth-order valence-corrected chi connectivity index (χ4v) is 1.74. The average molecular weight is 245 g/mol. The van der Waals surface area contributed by atoms with E-state index in [0.29, 0.717) is 17.1 Å². The Labute approximate surface area is 99.1 Å². The summed E-state index contributed by atoms with van der Waals surface area (Å²) < 4.78 is 18.7. The molecule has 1 saturated heterocycles. The molecule has 1 fully saturated rings. The molecule has 16 heavy (non-hydrogen) atoms. The van der Waals surface area contributed by atoms with Crippen LogP contribution in [0.3, 0.4) is 0 Å². The van der Waals surface area contributed by atoms with Gasteiger partial charge >= 0.3 is 0 Å². The summed E-state index contributed by atoms with van der Waals surface area (Å²) in [5, 5.41) is 2.46. The molecule has 1 heterocycles. The van der Waals surface area contributed by atoms with Crippen molar-refractivity contribution in [1.82, 2.24) is 10.4 Å². The number of rotatable bonds is 3. The van der Waals surface area contributed by atoms with Crippen molar-refractivity contribution in [1.29, 1.82) is 0 Å². The van der Waals surface area contributed by atoms with Gasteiger partial charge in [-0.3, -0.25) is 5.43 Å². The number of halogens is 2. The highest BCUT2D eigenvalue weighted by Gasteiger charge is 2.10. The van der Waals surface area contributed by atoms with Gasteiger partial charge in [0.2, 0.25) is 0 Å². The first-order valence-electron chi connectivity index (χ1n) is 5.26. The predicted octanol–water partition coefficient (Wildman–Crippen LogP) is 1.82. The van der Waals surface area contributed by atoms with Gasteiger partial charge in [0.1, 0.15) is 5.82 Å². The van der Waals surface area contributed by atoms with Crippen LogP contribution >= 0.6 is 11.6 Å². The Morgan fingerprint density at radius 3 is 2.81 bits per heavy atom. The molecule has 0 saturated carbocycles. The molecule has 0 radical (unpaired) electrons. The van der Waals surface area contributed by atoms with E-state index in [-0.39, 0.29) is 5.82 Å². The molecule has 1 aliphatic rings. The number of ether oxygens (including phenoxy) is 1. The molecule has 0 bridgehead atoms. The highest BCUT2D eigenvalue weighted by Crippen LogP contribution is 2.14. The van der Waals surface area contributed by atoms with E-state index in [1.807, 2.05) is 5.01 Å². The van der Waals surface area contributed by atoms with Crippen LogP contribution in [0, 0.1) is 5.82 Å². The number of morpholine rings is 1. The van der Waals surface area contributed by atoms with Crippen LogP contribution in [0.2, 0.25) is 5.02 Å². The molecule has 1 N–H and O–H groups in total. The molecule has 1 aromatic carbocycles. The molecule has 5 heteroatoms. The van der Waals surface area contributed by atoms with E-state index in [1.165, 1.54) is 6.07 Å². The van der Waals surface area contributed by atoms with Crippen LogP contribution in [0.5, 0.6) is 0 Å². The first kappa shape index (κ1) is 11.8. The largest absolute Gasteiger partial charge is 0.379 e. The summed E-state index contributed by atoms with van der Waals surface area (Å²) >= 11 is 5.68. The molecule has 3 nitrogen and oxygen atoms in total. The maximum Gasteiger partial charge on any atom is 0.129 e. The van der Waals surface area contributed by atoms with Crippen LogP contribution in [-0.4, -0.2) is 31.3 Å². The van der Waals surface area contributed by atoms with E-state index >= 15 is 0 Å². The van der Waals surface area contributed by atoms with Crippen molar-refractivity contribution in [3.8, 4) is 0 Å². The van der Waals surface area contributed by atoms with Crippen molar-refractivity contribution in [2.24, 2.45) is 0 Å². The molecule has 0 aliphatic carbocycles. The zero-order chi connectivity index (χ0) is 11.4. The van der Waals surface area contributed by atoms with Gasteiger partial charge in [0.15, 0.2) is 0 Å². The Bertz CT molecular complexity index is 356. The van der Waals surface area contributed by atoms with Gasteiger partial charge in [0.05, 0.1) is 13.2 Å². The van der Waals surface area contributed by atoms with Crippen LogP contribution < -0.4 is 5.43 Å². The average Bonchev–Trinajstić information content (AvgIpc) is 2.29. The maximum absolute atomic E-state index is 13.4. The minimum absolute atomic E-state index is 0.270. The maximum atomic E-state index is 13.4. The number of nitrogens with one attached hydrogen (secondary N) is 1. The number of benzene rings is 1. The smallest absolute Gasteiger partial charge is 0.129 e. The van der Waals surface area contributed by atoms with Gasteiger partial charge in [-0.2, -0.15) is 0 Å². The molecular weight excluding hydrogens is 231 g/mol. The molecule has 1 aliphatic heterocycles. The lowest BCUT2D eigenvalue weighted by Gasteiger charge is -2.27. The summed E-state index contributed by atoms with van der Waals surface area (Å²) in [6.45, 7) is 3.57. The summed E-state index contributed by atoms with van der Waals surface area (Å²) in [5.74, 6) is -0.270. The van der Waals surface area contributed by atoms with Crippen LogP contribution in [0.25, 0.3) is 0 Å². The van der Waals surface area contributed by atoms with E-state index < -0.39 is 0 Å². The Morgan fingerprint density at radius 1 is 1.38 bits per heavy atom. The van der Waals surface area contributed by atoms with Crippen LogP contribution in [0.1, 0.15) is 5.56 Å². The zero-order valence-electron chi connectivity index (χ0n) is 8.88. The van der Waals surface area contributed by atoms with E-state index in [1.54, 1.807) is 12.1 Å². The predicted molar refractivity (Wildman–Crippen MR) is 60.6 cm³/mol. The summed E-state index contributed by atoms with van der Waals surface area (Å²) in [7, 11) is 0. The SMILES string of the molecule is Fc1cc(Cl)ccc1CNN1CCOCC1. The molecule has 0 atom stereocenters. The monoisotopic (exact) mass is 244 g/mol. The first-order valence-corrected chi connectivity index (χ1v) is 5.63. The van der Waals surface area contributed by atoms with Crippen LogP contribution in [-0.2, 0) is 11.3 Å². The lowest BCUT2D eigenvalue weighted by atomic mass is 10.2. The highest BCUT2D eigenvalue weighted by atomic mass is 35.5. The van der Waals surface area contributed by atoms with Crippen molar-refractivity contribution >= 4 is 11.6 Å². The second-order valence-electron chi connectivity index (χ2n) is 3.67. The van der Waals surface area contributed by atoms with Crippen molar-refractivity contribution in [2.45, 2.75) is 6.54 Å². The molecule has 0 amide bonds. The number of hydrogen-bond acceptors (Lipinski definition) is 3. The summed E-state index contributed by atoms with van der Waals surface area (Å²) in [5.41, 5.74) is 3.79. The molecule has 1 aromatic rings. The van der Waals surface area contributed by atoms with Crippen molar-refractivity contribution in [3.05, 3.63) is 34.6 Å². The first-order chi connectivity index (χ1) is 7.75. The van der Waals surface area contributed by atoms with Crippen molar-refractivity contribution in [3.63, 3.8) is 0 Å². The standard InChI is InChI=1S/C11H14ClFN2O/c12-10-2-1-9(11(13)7-10)8-14-15-3-5-16-6-4-15/h1-2,7,14H,3-6,8H2. The number of hydrazine groups is 1. The second kappa shape index (κ2) is 5.59. The quantitative estimate of drug-likeness (QED) is 0.878. The Morgan fingerprint density at radius 2 is 2.12 bits per heavy atom. The highest BCUT2D eigenvalue weighted by molar-refractivity contribution is 6.30. The second-order valence-corrected chi connectivity index (χ2v) is 4.11. The minimum Gasteiger partial charge on any atom is -0.379 e. The summed E-state index contributed by atoms with van der Waals surface area (Å²) in [4.78, 5) is 0. The number of nitrogens with zero attached hydrogens (tertiary/aromatic N) is 1. The molecule has 0 spiro atoms. The van der Waals surface area contributed by atoms with Crippen LogP contribution in [0.4, 0.5) is 4.39 Å². The molecule has 88 valence electrons. The Balaban J connectivity index is 1.88. The normalized spacial score (nSPS) is 17.6. The van der Waals surface area contributed by atoms with Crippen molar-refractivity contribution < 1.29 is 9.13 Å². The Hall–Kier alpha value is -0.680. The van der Waals surface area contributed by atoms with Gasteiger partial charge in [0, 0.05) is 30.2 Å². The van der Waals surface area contributed by atoms with E-state index in [0.717, 1.165) is 26.3 Å². The van der Waals surface area contributed by atoms with Gasteiger partial charge in [0.25, 0.3) is 0 Å². The molecule has 2 rings (SSSR count). The summed E-state index contributed by atoms with van der Waals surface area (Å²) in [6.07, 6.45) is 0. The Kier molecular flexibility index (Phi) is 4.12. The minimum atomic E-state index is -0.270. The van der Waals surface area contributed by atoms with Crippen LogP contribution in [0.15, 0.2) is 18.2 Å².